The SMILES string of the molecule is O=C(O)CSc1nnc(C2CC2)n1Cc1nccs1. The largest absolute Gasteiger partial charge is 0.481 e. The first-order valence-corrected chi connectivity index (χ1v) is 7.76. The van der Waals surface area contributed by atoms with Crippen LogP contribution in [0.15, 0.2) is 16.7 Å². The second kappa shape index (κ2) is 5.30. The lowest BCUT2D eigenvalue weighted by Gasteiger charge is -2.06. The minimum atomic E-state index is -0.846. The van der Waals surface area contributed by atoms with Crippen molar-refractivity contribution in [3.63, 3.8) is 0 Å². The van der Waals surface area contributed by atoms with Crippen molar-refractivity contribution in [1.82, 2.24) is 19.7 Å². The second-order valence-corrected chi connectivity index (χ2v) is 6.23. The van der Waals surface area contributed by atoms with Crippen LogP contribution in [0.1, 0.15) is 29.6 Å². The Morgan fingerprint density at radius 1 is 1.53 bits per heavy atom. The van der Waals surface area contributed by atoms with Gasteiger partial charge in [0, 0.05) is 17.5 Å². The van der Waals surface area contributed by atoms with Crippen LogP contribution in [0, 0.1) is 0 Å². The number of rotatable bonds is 6. The number of carboxylic acids is 1. The highest BCUT2D eigenvalue weighted by atomic mass is 32.2. The summed E-state index contributed by atoms with van der Waals surface area (Å²) < 4.78 is 2.00. The number of nitrogens with zero attached hydrogens (tertiary/aromatic N) is 4. The van der Waals surface area contributed by atoms with E-state index in [-0.39, 0.29) is 5.75 Å². The van der Waals surface area contributed by atoms with Gasteiger partial charge in [-0.3, -0.25) is 9.36 Å². The van der Waals surface area contributed by atoms with Gasteiger partial charge in [-0.2, -0.15) is 0 Å². The van der Waals surface area contributed by atoms with Crippen LogP contribution in [0.4, 0.5) is 0 Å². The fraction of sp³-hybridized carbons (Fsp3) is 0.455. The zero-order valence-electron chi connectivity index (χ0n) is 10.0. The summed E-state index contributed by atoms with van der Waals surface area (Å²) in [6.07, 6.45) is 4.05. The molecule has 1 aliphatic carbocycles. The molecule has 0 radical (unpaired) electrons. The number of hydrogen-bond donors (Lipinski definition) is 1. The number of thiazole rings is 1. The molecule has 1 saturated carbocycles. The fourth-order valence-corrected chi connectivity index (χ4v) is 3.06. The molecule has 19 heavy (non-hydrogen) atoms. The Morgan fingerprint density at radius 2 is 2.37 bits per heavy atom. The molecule has 0 unspecified atom stereocenters. The Balaban J connectivity index is 1.84. The number of hydrogen-bond acceptors (Lipinski definition) is 6. The lowest BCUT2D eigenvalue weighted by atomic mass is 10.4. The topological polar surface area (TPSA) is 80.9 Å². The summed E-state index contributed by atoms with van der Waals surface area (Å²) in [6, 6.07) is 0. The fourth-order valence-electron chi connectivity index (χ4n) is 1.79. The van der Waals surface area contributed by atoms with Gasteiger partial charge in [0.2, 0.25) is 0 Å². The van der Waals surface area contributed by atoms with Crippen molar-refractivity contribution in [2.45, 2.75) is 30.5 Å². The smallest absolute Gasteiger partial charge is 0.313 e. The first-order valence-electron chi connectivity index (χ1n) is 5.90. The zero-order valence-corrected chi connectivity index (χ0v) is 11.7. The van der Waals surface area contributed by atoms with Crippen LogP contribution in [-0.4, -0.2) is 36.6 Å². The summed E-state index contributed by atoms with van der Waals surface area (Å²) in [7, 11) is 0. The maximum absolute atomic E-state index is 10.7. The molecular formula is C11H12N4O2S2. The molecule has 8 heteroatoms. The van der Waals surface area contributed by atoms with Crippen LogP contribution in [-0.2, 0) is 11.3 Å². The van der Waals surface area contributed by atoms with Crippen LogP contribution < -0.4 is 0 Å². The first-order chi connectivity index (χ1) is 9.24. The third-order valence-corrected chi connectivity index (χ3v) is 4.51. The van der Waals surface area contributed by atoms with Crippen LogP contribution in [0.5, 0.6) is 0 Å². The predicted molar refractivity (Wildman–Crippen MR) is 71.6 cm³/mol. The molecule has 1 aliphatic rings. The van der Waals surface area contributed by atoms with Crippen LogP contribution in [0.25, 0.3) is 0 Å². The van der Waals surface area contributed by atoms with Crippen molar-refractivity contribution in [1.29, 1.82) is 0 Å². The van der Waals surface area contributed by atoms with Crippen LogP contribution in [0.2, 0.25) is 0 Å². The van der Waals surface area contributed by atoms with Crippen molar-refractivity contribution in [3.8, 4) is 0 Å². The summed E-state index contributed by atoms with van der Waals surface area (Å²) >= 11 is 2.79. The second-order valence-electron chi connectivity index (χ2n) is 4.31. The predicted octanol–water partition coefficient (Wildman–Crippen LogP) is 1.84. The lowest BCUT2D eigenvalue weighted by Crippen LogP contribution is -2.07. The van der Waals surface area contributed by atoms with E-state index in [2.05, 4.69) is 15.2 Å². The average Bonchev–Trinajstić information content (AvgIpc) is 2.95. The van der Waals surface area contributed by atoms with Crippen molar-refractivity contribution >= 4 is 29.1 Å². The van der Waals surface area contributed by atoms with E-state index in [1.165, 1.54) is 11.8 Å². The molecule has 0 saturated heterocycles. The maximum atomic E-state index is 10.7. The van der Waals surface area contributed by atoms with Crippen LogP contribution >= 0.6 is 23.1 Å². The van der Waals surface area contributed by atoms with Gasteiger partial charge < -0.3 is 5.11 Å². The van der Waals surface area contributed by atoms with Gasteiger partial charge in [0.05, 0.1) is 12.3 Å². The summed E-state index contributed by atoms with van der Waals surface area (Å²) in [5, 5.41) is 20.7. The van der Waals surface area contributed by atoms with E-state index in [9.17, 15) is 4.79 Å². The Morgan fingerprint density at radius 3 is 3.00 bits per heavy atom. The van der Waals surface area contributed by atoms with Crippen molar-refractivity contribution in [3.05, 3.63) is 22.4 Å². The molecule has 6 nitrogen and oxygen atoms in total. The highest BCUT2D eigenvalue weighted by molar-refractivity contribution is 7.99. The summed E-state index contributed by atoms with van der Waals surface area (Å²) in [5.74, 6) is 0.595. The van der Waals surface area contributed by atoms with E-state index < -0.39 is 5.97 Å². The van der Waals surface area contributed by atoms with Crippen LogP contribution in [0.3, 0.4) is 0 Å². The molecule has 100 valence electrons. The molecular weight excluding hydrogens is 284 g/mol. The van der Waals surface area contributed by atoms with Gasteiger partial charge >= 0.3 is 5.97 Å². The monoisotopic (exact) mass is 296 g/mol. The lowest BCUT2D eigenvalue weighted by molar-refractivity contribution is -0.133. The molecule has 0 aliphatic heterocycles. The molecule has 2 heterocycles. The molecule has 0 aromatic carbocycles. The van der Waals surface area contributed by atoms with Crippen molar-refractivity contribution in [2.75, 3.05) is 5.75 Å². The van der Waals surface area contributed by atoms with Gasteiger partial charge in [-0.25, -0.2) is 4.98 Å². The number of thioether (sulfide) groups is 1. The van der Waals surface area contributed by atoms with E-state index in [4.69, 9.17) is 5.11 Å². The Bertz CT molecular complexity index is 578. The van der Waals surface area contributed by atoms with E-state index in [1.807, 2.05) is 9.95 Å². The third-order valence-electron chi connectivity index (χ3n) is 2.79. The van der Waals surface area contributed by atoms with Crippen molar-refractivity contribution < 1.29 is 9.90 Å². The average molecular weight is 296 g/mol. The standard InChI is InChI=1S/C11H12N4O2S2/c16-9(17)6-19-11-14-13-10(7-1-2-7)15(11)5-8-12-3-4-18-8/h3-4,7H,1-2,5-6H2,(H,16,17). The highest BCUT2D eigenvalue weighted by Gasteiger charge is 2.30. The number of carbonyl (C=O) groups is 1. The third kappa shape index (κ3) is 2.95. The van der Waals surface area contributed by atoms with Gasteiger partial charge in [0.15, 0.2) is 5.16 Å². The van der Waals surface area contributed by atoms with E-state index in [0.29, 0.717) is 17.6 Å². The van der Waals surface area contributed by atoms with Gasteiger partial charge in [-0.1, -0.05) is 11.8 Å². The van der Waals surface area contributed by atoms with Crippen molar-refractivity contribution in [2.24, 2.45) is 0 Å². The molecule has 2 aromatic rings. The Kier molecular flexibility index (Phi) is 3.52. The minimum Gasteiger partial charge on any atom is -0.481 e. The number of aliphatic carboxylic acids is 1. The Labute approximate surface area is 117 Å². The Hall–Kier alpha value is -1.41. The minimum absolute atomic E-state index is 0.000664. The first kappa shape index (κ1) is 12.6. The number of aromatic nitrogens is 4. The summed E-state index contributed by atoms with van der Waals surface area (Å²) in [5.41, 5.74) is 0. The zero-order chi connectivity index (χ0) is 13.2. The normalized spacial score (nSPS) is 14.7. The molecule has 2 aromatic heterocycles. The highest BCUT2D eigenvalue weighted by Crippen LogP contribution is 2.40. The number of carboxylic acid groups (broad SMARTS) is 1. The quantitative estimate of drug-likeness (QED) is 0.819. The molecule has 0 spiro atoms. The van der Waals surface area contributed by atoms with Gasteiger partial charge in [0.25, 0.3) is 0 Å². The van der Waals surface area contributed by atoms with E-state index in [0.717, 1.165) is 23.7 Å². The maximum Gasteiger partial charge on any atom is 0.313 e. The molecule has 1 fully saturated rings. The van der Waals surface area contributed by atoms with E-state index >= 15 is 0 Å². The van der Waals surface area contributed by atoms with E-state index in [1.54, 1.807) is 17.5 Å². The summed E-state index contributed by atoms with van der Waals surface area (Å²) in [4.78, 5) is 14.9. The molecule has 3 rings (SSSR count). The molecule has 0 amide bonds. The molecule has 0 bridgehead atoms. The van der Waals surface area contributed by atoms with Gasteiger partial charge in [0.1, 0.15) is 10.8 Å². The summed E-state index contributed by atoms with van der Waals surface area (Å²) in [6.45, 7) is 0.623. The van der Waals surface area contributed by atoms with Gasteiger partial charge in [-0.15, -0.1) is 21.5 Å². The van der Waals surface area contributed by atoms with Gasteiger partial charge in [-0.05, 0) is 12.8 Å². The molecule has 1 N–H and O–H groups in total. The molecule has 0 atom stereocenters.